The molecule has 0 unspecified atom stereocenters. The molecular formula is C32H26F4N6O3. The summed E-state index contributed by atoms with van der Waals surface area (Å²) in [5.41, 5.74) is -0.446. The van der Waals surface area contributed by atoms with Crippen LogP contribution in [0, 0.1) is 17.1 Å². The quantitative estimate of drug-likeness (QED) is 0.234. The zero-order chi connectivity index (χ0) is 32.5. The van der Waals surface area contributed by atoms with Gasteiger partial charge >= 0.3 is 6.18 Å². The number of rotatable bonds is 7. The number of alkyl halides is 3. The van der Waals surface area contributed by atoms with Gasteiger partial charge in [0.2, 0.25) is 0 Å². The average molecular weight is 619 g/mol. The molecule has 1 aromatic heterocycles. The van der Waals surface area contributed by atoms with E-state index < -0.39 is 47.2 Å². The van der Waals surface area contributed by atoms with E-state index in [9.17, 15) is 37.2 Å². The Balaban J connectivity index is 1.74. The van der Waals surface area contributed by atoms with Crippen molar-refractivity contribution in [2.75, 3.05) is 25.0 Å². The Bertz CT molecular complexity index is 1800. The van der Waals surface area contributed by atoms with Gasteiger partial charge in [0, 0.05) is 30.6 Å². The van der Waals surface area contributed by atoms with E-state index in [1.54, 1.807) is 37.3 Å². The summed E-state index contributed by atoms with van der Waals surface area (Å²) in [7, 11) is 1.41. The molecule has 230 valence electrons. The molecule has 9 nitrogen and oxygen atoms in total. The van der Waals surface area contributed by atoms with E-state index in [1.165, 1.54) is 34.8 Å². The van der Waals surface area contributed by atoms with Crippen LogP contribution >= 0.6 is 0 Å². The van der Waals surface area contributed by atoms with Crippen molar-refractivity contribution in [2.24, 2.45) is 0 Å². The lowest BCUT2D eigenvalue weighted by Crippen LogP contribution is -2.55. The van der Waals surface area contributed by atoms with Crippen LogP contribution in [0.25, 0.3) is 5.69 Å². The molecule has 3 aromatic carbocycles. The lowest BCUT2D eigenvalue weighted by atomic mass is 9.80. The van der Waals surface area contributed by atoms with Gasteiger partial charge in [-0.05, 0) is 55.0 Å². The Kier molecular flexibility index (Phi) is 8.41. The molecule has 2 heterocycles. The van der Waals surface area contributed by atoms with Crippen molar-refractivity contribution >= 4 is 23.5 Å². The number of benzene rings is 3. The van der Waals surface area contributed by atoms with Crippen molar-refractivity contribution < 1.29 is 31.9 Å². The molecular weight excluding hydrogens is 592 g/mol. The number of nitrogens with zero attached hydrogens (tertiary/aromatic N) is 5. The van der Waals surface area contributed by atoms with Crippen molar-refractivity contribution in [3.05, 3.63) is 113 Å². The van der Waals surface area contributed by atoms with Gasteiger partial charge in [0.1, 0.15) is 24.2 Å². The molecule has 0 bridgehead atoms. The molecule has 0 saturated heterocycles. The molecule has 1 aliphatic rings. The highest BCUT2D eigenvalue weighted by Crippen LogP contribution is 2.44. The highest BCUT2D eigenvalue weighted by Gasteiger charge is 2.47. The molecule has 0 radical (unpaired) electrons. The molecule has 0 fully saturated rings. The molecule has 45 heavy (non-hydrogen) atoms. The predicted octanol–water partition coefficient (Wildman–Crippen LogP) is 4.92. The van der Waals surface area contributed by atoms with Gasteiger partial charge in [0.15, 0.2) is 5.69 Å². The second-order valence-corrected chi connectivity index (χ2v) is 10.3. The second-order valence-electron chi connectivity index (χ2n) is 10.3. The third-order valence-corrected chi connectivity index (χ3v) is 7.47. The summed E-state index contributed by atoms with van der Waals surface area (Å²) >= 11 is 0. The van der Waals surface area contributed by atoms with Gasteiger partial charge in [0.25, 0.3) is 17.7 Å². The molecule has 0 saturated carbocycles. The Morgan fingerprint density at radius 2 is 1.73 bits per heavy atom. The number of nitrogens with one attached hydrogen (secondary N) is 1. The summed E-state index contributed by atoms with van der Waals surface area (Å²) in [6.45, 7) is 1.47. The second kappa shape index (κ2) is 12.2. The molecule has 2 atom stereocenters. The van der Waals surface area contributed by atoms with Gasteiger partial charge in [-0.1, -0.05) is 36.4 Å². The lowest BCUT2D eigenvalue weighted by molar-refractivity contribution is -0.137. The monoisotopic (exact) mass is 618 g/mol. The number of carbonyl (C=O) groups is 3. The number of anilines is 1. The smallest absolute Gasteiger partial charge is 0.339 e. The van der Waals surface area contributed by atoms with E-state index >= 15 is 0 Å². The first kappa shape index (κ1) is 30.9. The molecule has 0 aliphatic carbocycles. The minimum absolute atomic E-state index is 0.0676. The van der Waals surface area contributed by atoms with Crippen LogP contribution in [0.3, 0.4) is 0 Å². The van der Waals surface area contributed by atoms with Crippen molar-refractivity contribution in [1.82, 2.24) is 20.0 Å². The first-order valence-electron chi connectivity index (χ1n) is 13.8. The van der Waals surface area contributed by atoms with Gasteiger partial charge in [0.05, 0.1) is 17.3 Å². The van der Waals surface area contributed by atoms with E-state index in [0.717, 1.165) is 29.2 Å². The maximum absolute atomic E-state index is 14.2. The molecule has 1 aliphatic heterocycles. The number of para-hydroxylation sites is 1. The van der Waals surface area contributed by atoms with Gasteiger partial charge in [-0.25, -0.2) is 9.07 Å². The maximum Gasteiger partial charge on any atom is 0.416 e. The summed E-state index contributed by atoms with van der Waals surface area (Å²) < 4.78 is 55.8. The van der Waals surface area contributed by atoms with Crippen LogP contribution in [0.15, 0.2) is 78.9 Å². The van der Waals surface area contributed by atoms with Crippen molar-refractivity contribution in [3.8, 4) is 11.8 Å². The number of halogens is 4. The van der Waals surface area contributed by atoms with Gasteiger partial charge < -0.3 is 10.2 Å². The molecule has 3 amide bonds. The first-order valence-corrected chi connectivity index (χ1v) is 13.8. The standard InChI is InChI=1S/C32H26F4N6O3/c1-3-41-29-25(27(30(44)40(2)17-16-37)39-42(29)23-10-5-4-6-11-23)24(19-12-14-22(33)15-13-19)26(31(41)45)38-28(43)20-8-7-9-21(18-20)32(34,35)36/h4-15,18,24,26H,3,17H2,1-2H3,(H,38,43)/t24-,26-/m1/s1. The third-order valence-electron chi connectivity index (χ3n) is 7.47. The normalized spacial score (nSPS) is 16.1. The maximum atomic E-state index is 14.2. The Hall–Kier alpha value is -5.51. The Morgan fingerprint density at radius 1 is 1.04 bits per heavy atom. The van der Waals surface area contributed by atoms with Crippen LogP contribution in [-0.2, 0) is 11.0 Å². The summed E-state index contributed by atoms with van der Waals surface area (Å²) in [4.78, 5) is 44.0. The molecule has 5 rings (SSSR count). The van der Waals surface area contributed by atoms with Crippen LogP contribution in [0.2, 0.25) is 0 Å². The van der Waals surface area contributed by atoms with Crippen LogP contribution in [0.1, 0.15) is 50.4 Å². The Morgan fingerprint density at radius 3 is 2.36 bits per heavy atom. The average Bonchev–Trinajstić information content (AvgIpc) is 3.41. The van der Waals surface area contributed by atoms with Gasteiger partial charge in [-0.15, -0.1) is 0 Å². The number of nitriles is 1. The molecule has 4 aromatic rings. The Labute approximate surface area is 255 Å². The number of fused-ring (bicyclic) bond motifs is 1. The number of aromatic nitrogens is 2. The topological polar surface area (TPSA) is 111 Å². The minimum atomic E-state index is -4.71. The van der Waals surface area contributed by atoms with Crippen LogP contribution in [0.4, 0.5) is 23.4 Å². The lowest BCUT2D eigenvalue weighted by Gasteiger charge is -2.38. The number of likely N-dealkylation sites (N-methyl/N-ethyl adjacent to an activating group) is 1. The fraction of sp³-hybridized carbons (Fsp3) is 0.219. The number of hydrogen-bond acceptors (Lipinski definition) is 5. The summed E-state index contributed by atoms with van der Waals surface area (Å²) in [5.74, 6) is -3.72. The van der Waals surface area contributed by atoms with Crippen molar-refractivity contribution in [1.29, 1.82) is 5.26 Å². The van der Waals surface area contributed by atoms with Crippen molar-refractivity contribution in [3.63, 3.8) is 0 Å². The van der Waals surface area contributed by atoms with Crippen LogP contribution < -0.4 is 10.2 Å². The number of amides is 3. The fourth-order valence-electron chi connectivity index (χ4n) is 5.36. The first-order chi connectivity index (χ1) is 21.5. The number of carbonyl (C=O) groups excluding carboxylic acids is 3. The minimum Gasteiger partial charge on any atom is -0.339 e. The van der Waals surface area contributed by atoms with Crippen molar-refractivity contribution in [2.45, 2.75) is 25.1 Å². The fourth-order valence-corrected chi connectivity index (χ4v) is 5.36. The van der Waals surface area contributed by atoms with Gasteiger partial charge in [-0.3, -0.25) is 19.3 Å². The highest BCUT2D eigenvalue weighted by atomic mass is 19.4. The summed E-state index contributed by atoms with van der Waals surface area (Å²) in [6.07, 6.45) is -4.71. The zero-order valence-corrected chi connectivity index (χ0v) is 24.0. The van der Waals surface area contributed by atoms with E-state index in [1.807, 2.05) is 6.07 Å². The van der Waals surface area contributed by atoms with Gasteiger partial charge in [-0.2, -0.15) is 23.5 Å². The van der Waals surface area contributed by atoms with E-state index in [2.05, 4.69) is 10.4 Å². The van der Waals surface area contributed by atoms with E-state index in [4.69, 9.17) is 0 Å². The van der Waals surface area contributed by atoms with Crippen LogP contribution in [-0.4, -0.2) is 58.6 Å². The summed E-state index contributed by atoms with van der Waals surface area (Å²) in [6, 6.07) is 18.0. The molecule has 0 spiro atoms. The zero-order valence-electron chi connectivity index (χ0n) is 24.0. The van der Waals surface area contributed by atoms with Crippen LogP contribution in [0.5, 0.6) is 0 Å². The van der Waals surface area contributed by atoms with E-state index in [-0.39, 0.29) is 35.7 Å². The number of hydrogen-bond donors (Lipinski definition) is 1. The van der Waals surface area contributed by atoms with E-state index in [0.29, 0.717) is 17.3 Å². The summed E-state index contributed by atoms with van der Waals surface area (Å²) in [5, 5.41) is 16.5. The highest BCUT2D eigenvalue weighted by molar-refractivity contribution is 6.07. The largest absolute Gasteiger partial charge is 0.416 e. The third kappa shape index (κ3) is 5.86. The molecule has 13 heteroatoms. The molecule has 1 N–H and O–H groups in total. The predicted molar refractivity (Wildman–Crippen MR) is 155 cm³/mol. The SMILES string of the molecule is CCN1C(=O)[C@H](NC(=O)c2cccc(C(F)(F)F)c2)[C@H](c2ccc(F)cc2)c2c(C(=O)N(C)CC#N)nn(-c3ccccc3)c21.